The van der Waals surface area contributed by atoms with Gasteiger partial charge in [0.15, 0.2) is 0 Å². The molecule has 0 fully saturated rings. The molecule has 1 heterocycles. The maximum atomic E-state index is 12.7. The molecule has 0 saturated carbocycles. The average Bonchev–Trinajstić information content (AvgIpc) is 2.82. The standard InChI is InChI=1S/C16H15BrN2O/c1-10-7-12(9-13(17)8-10)16(20)19-6-5-11-3-2-4-14(18)15(11)19/h2-4,7-9H,5-6,18H2,1H3. The third kappa shape index (κ3) is 2.20. The SMILES string of the molecule is Cc1cc(Br)cc(C(=O)N2CCc3cccc(N)c32)c1. The number of halogens is 1. The van der Waals surface area contributed by atoms with E-state index in [0.717, 1.165) is 27.7 Å². The van der Waals surface area contributed by atoms with Gasteiger partial charge in [-0.15, -0.1) is 0 Å². The second kappa shape index (κ2) is 4.94. The number of carbonyl (C=O) groups excluding carboxylic acids is 1. The number of anilines is 2. The van der Waals surface area contributed by atoms with Gasteiger partial charge in [0.2, 0.25) is 0 Å². The van der Waals surface area contributed by atoms with Crippen LogP contribution in [-0.2, 0) is 6.42 Å². The van der Waals surface area contributed by atoms with Crippen molar-refractivity contribution in [2.45, 2.75) is 13.3 Å². The third-order valence-electron chi connectivity index (χ3n) is 3.56. The van der Waals surface area contributed by atoms with Crippen LogP contribution in [0.2, 0.25) is 0 Å². The van der Waals surface area contributed by atoms with Crippen LogP contribution >= 0.6 is 15.9 Å². The van der Waals surface area contributed by atoms with Gasteiger partial charge in [-0.1, -0.05) is 28.1 Å². The Hall–Kier alpha value is -1.81. The molecule has 0 saturated heterocycles. The summed E-state index contributed by atoms with van der Waals surface area (Å²) in [6.07, 6.45) is 0.860. The van der Waals surface area contributed by atoms with Crippen LogP contribution in [0.5, 0.6) is 0 Å². The van der Waals surface area contributed by atoms with Crippen LogP contribution in [0.3, 0.4) is 0 Å². The van der Waals surface area contributed by atoms with Gasteiger partial charge in [0.1, 0.15) is 0 Å². The van der Waals surface area contributed by atoms with E-state index in [0.29, 0.717) is 17.8 Å². The van der Waals surface area contributed by atoms with Gasteiger partial charge in [-0.3, -0.25) is 4.79 Å². The zero-order chi connectivity index (χ0) is 14.3. The minimum Gasteiger partial charge on any atom is -0.397 e. The Bertz CT molecular complexity index is 677. The van der Waals surface area contributed by atoms with E-state index >= 15 is 0 Å². The van der Waals surface area contributed by atoms with Crippen molar-refractivity contribution in [2.24, 2.45) is 0 Å². The summed E-state index contributed by atoms with van der Waals surface area (Å²) in [5, 5.41) is 0. The van der Waals surface area contributed by atoms with Gasteiger partial charge in [-0.25, -0.2) is 0 Å². The molecule has 0 atom stereocenters. The number of nitrogens with zero attached hydrogens (tertiary/aromatic N) is 1. The second-order valence-corrected chi connectivity index (χ2v) is 5.99. The van der Waals surface area contributed by atoms with Gasteiger partial charge in [-0.05, 0) is 48.7 Å². The van der Waals surface area contributed by atoms with Crippen LogP contribution < -0.4 is 10.6 Å². The lowest BCUT2D eigenvalue weighted by molar-refractivity contribution is 0.0989. The van der Waals surface area contributed by atoms with Crippen molar-refractivity contribution in [3.63, 3.8) is 0 Å². The van der Waals surface area contributed by atoms with Crippen molar-refractivity contribution in [3.05, 3.63) is 57.6 Å². The van der Waals surface area contributed by atoms with E-state index in [4.69, 9.17) is 5.73 Å². The number of carbonyl (C=O) groups is 1. The van der Waals surface area contributed by atoms with E-state index < -0.39 is 0 Å². The number of nitrogen functional groups attached to an aromatic ring is 1. The predicted octanol–water partition coefficient (Wildman–Crippen LogP) is 3.54. The lowest BCUT2D eigenvalue weighted by Gasteiger charge is -2.19. The summed E-state index contributed by atoms with van der Waals surface area (Å²) in [6, 6.07) is 11.6. The molecule has 3 rings (SSSR count). The molecule has 0 bridgehead atoms. The third-order valence-corrected chi connectivity index (χ3v) is 4.02. The Morgan fingerprint density at radius 1 is 1.30 bits per heavy atom. The summed E-state index contributed by atoms with van der Waals surface area (Å²) in [7, 11) is 0. The van der Waals surface area contributed by atoms with Crippen LogP contribution in [0.1, 0.15) is 21.5 Å². The van der Waals surface area contributed by atoms with E-state index in [1.54, 1.807) is 4.90 Å². The summed E-state index contributed by atoms with van der Waals surface area (Å²) >= 11 is 3.44. The van der Waals surface area contributed by atoms with Crippen LogP contribution in [-0.4, -0.2) is 12.5 Å². The Labute approximate surface area is 126 Å². The molecule has 0 aliphatic carbocycles. The number of nitrogens with two attached hydrogens (primary N) is 1. The van der Waals surface area contributed by atoms with Crippen LogP contribution in [0.4, 0.5) is 11.4 Å². The molecule has 4 heteroatoms. The molecule has 1 aliphatic rings. The Morgan fingerprint density at radius 2 is 2.10 bits per heavy atom. The first kappa shape index (κ1) is 13.2. The molecule has 102 valence electrons. The number of rotatable bonds is 1. The molecule has 0 spiro atoms. The molecule has 2 aromatic rings. The summed E-state index contributed by atoms with van der Waals surface area (Å²) in [4.78, 5) is 14.5. The lowest BCUT2D eigenvalue weighted by Crippen LogP contribution is -2.29. The summed E-state index contributed by atoms with van der Waals surface area (Å²) in [6.45, 7) is 2.67. The average molecular weight is 331 g/mol. The van der Waals surface area contributed by atoms with Gasteiger partial charge in [0.25, 0.3) is 5.91 Å². The lowest BCUT2D eigenvalue weighted by atomic mass is 10.1. The maximum absolute atomic E-state index is 12.7. The zero-order valence-electron chi connectivity index (χ0n) is 11.2. The minimum atomic E-state index is 0.00560. The summed E-state index contributed by atoms with van der Waals surface area (Å²) in [5.74, 6) is 0.00560. The fourth-order valence-electron chi connectivity index (χ4n) is 2.70. The second-order valence-electron chi connectivity index (χ2n) is 5.08. The number of hydrogen-bond acceptors (Lipinski definition) is 2. The van der Waals surface area contributed by atoms with Gasteiger partial charge in [0, 0.05) is 16.6 Å². The fourth-order valence-corrected chi connectivity index (χ4v) is 3.31. The first-order valence-electron chi connectivity index (χ1n) is 6.52. The molecule has 1 amide bonds. The first-order chi connectivity index (χ1) is 9.56. The highest BCUT2D eigenvalue weighted by Crippen LogP contribution is 2.34. The van der Waals surface area contributed by atoms with Crippen molar-refractivity contribution >= 4 is 33.2 Å². The van der Waals surface area contributed by atoms with E-state index in [1.165, 1.54) is 0 Å². The zero-order valence-corrected chi connectivity index (χ0v) is 12.8. The fraction of sp³-hybridized carbons (Fsp3) is 0.188. The monoisotopic (exact) mass is 330 g/mol. The van der Waals surface area contributed by atoms with Crippen molar-refractivity contribution < 1.29 is 4.79 Å². The highest BCUT2D eigenvalue weighted by molar-refractivity contribution is 9.10. The largest absolute Gasteiger partial charge is 0.397 e. The van der Waals surface area contributed by atoms with Gasteiger partial charge >= 0.3 is 0 Å². The number of amides is 1. The number of aryl methyl sites for hydroxylation is 1. The molecule has 1 aliphatic heterocycles. The van der Waals surface area contributed by atoms with E-state index in [9.17, 15) is 4.79 Å². The van der Waals surface area contributed by atoms with Crippen LogP contribution in [0.25, 0.3) is 0 Å². The molecule has 3 nitrogen and oxygen atoms in total. The maximum Gasteiger partial charge on any atom is 0.258 e. The molecule has 2 aromatic carbocycles. The van der Waals surface area contributed by atoms with E-state index in [1.807, 2.05) is 43.3 Å². The van der Waals surface area contributed by atoms with Crippen LogP contribution in [0.15, 0.2) is 40.9 Å². The van der Waals surface area contributed by atoms with Crippen molar-refractivity contribution in [2.75, 3.05) is 17.2 Å². The highest BCUT2D eigenvalue weighted by Gasteiger charge is 2.27. The molecule has 0 unspecified atom stereocenters. The predicted molar refractivity (Wildman–Crippen MR) is 85.1 cm³/mol. The Balaban J connectivity index is 2.02. The molecule has 20 heavy (non-hydrogen) atoms. The Kier molecular flexibility index (Phi) is 3.26. The number of benzene rings is 2. The Morgan fingerprint density at radius 3 is 2.85 bits per heavy atom. The molecular weight excluding hydrogens is 316 g/mol. The number of hydrogen-bond donors (Lipinski definition) is 1. The minimum absolute atomic E-state index is 0.00560. The first-order valence-corrected chi connectivity index (χ1v) is 7.32. The topological polar surface area (TPSA) is 46.3 Å². The van der Waals surface area contributed by atoms with Gasteiger partial charge in [0.05, 0.1) is 11.4 Å². The van der Waals surface area contributed by atoms with Gasteiger partial charge < -0.3 is 10.6 Å². The quantitative estimate of drug-likeness (QED) is 0.813. The smallest absolute Gasteiger partial charge is 0.258 e. The summed E-state index contributed by atoms with van der Waals surface area (Å²) in [5.41, 5.74) is 10.5. The molecular formula is C16H15BrN2O. The summed E-state index contributed by atoms with van der Waals surface area (Å²) < 4.78 is 0.918. The normalized spacial score (nSPS) is 13.4. The van der Waals surface area contributed by atoms with Gasteiger partial charge in [-0.2, -0.15) is 0 Å². The van der Waals surface area contributed by atoms with Crippen molar-refractivity contribution in [1.29, 1.82) is 0 Å². The number of fused-ring (bicyclic) bond motifs is 1. The van der Waals surface area contributed by atoms with Crippen molar-refractivity contribution in [1.82, 2.24) is 0 Å². The van der Waals surface area contributed by atoms with Crippen LogP contribution in [0, 0.1) is 6.92 Å². The molecule has 2 N–H and O–H groups in total. The van der Waals surface area contributed by atoms with E-state index in [-0.39, 0.29) is 5.91 Å². The van der Waals surface area contributed by atoms with E-state index in [2.05, 4.69) is 15.9 Å². The highest BCUT2D eigenvalue weighted by atomic mass is 79.9. The molecule has 0 aromatic heterocycles. The number of para-hydroxylation sites is 1. The van der Waals surface area contributed by atoms with Crippen molar-refractivity contribution in [3.8, 4) is 0 Å². The molecule has 0 radical (unpaired) electrons.